The molecule has 0 atom stereocenters. The number of aryl methyl sites for hydroxylation is 1. The van der Waals surface area contributed by atoms with Gasteiger partial charge in [0.05, 0.1) is 56.7 Å². The first kappa shape index (κ1) is 46.3. The SMILES string of the molecule is Cc1cc(C#N)cc(-c2c(-n3c4ccccc4c4ccc(-c5nc(-c6ccccc6)nc(-c6ccccc6)n5)cc43)cc(C#N)cc2-n2c3ccccc3c3ccc(-c4nc(-c5ccccc5)nc(-c5ccccc5)n4)cc32)c1. The molecule has 0 aliphatic rings. The normalized spacial score (nSPS) is 11.3. The molecule has 0 aliphatic heterocycles. The summed E-state index contributed by atoms with van der Waals surface area (Å²) in [6, 6.07) is 84.1. The van der Waals surface area contributed by atoms with Crippen LogP contribution in [-0.2, 0) is 0 Å². The van der Waals surface area contributed by atoms with E-state index in [9.17, 15) is 10.5 Å². The van der Waals surface area contributed by atoms with E-state index in [1.807, 2.05) is 165 Å². The highest BCUT2D eigenvalue weighted by molar-refractivity contribution is 6.13. The van der Waals surface area contributed by atoms with Gasteiger partial charge >= 0.3 is 0 Å². The van der Waals surface area contributed by atoms with Crippen LogP contribution in [0.4, 0.5) is 0 Å². The molecule has 0 bridgehead atoms. The lowest BCUT2D eigenvalue weighted by atomic mass is 9.95. The quantitative estimate of drug-likeness (QED) is 0.139. The Morgan fingerprint density at radius 2 is 0.620 bits per heavy atom. The highest BCUT2D eigenvalue weighted by Crippen LogP contribution is 2.44. The molecule has 4 heterocycles. The summed E-state index contributed by atoms with van der Waals surface area (Å²) >= 11 is 0. The van der Waals surface area contributed by atoms with Gasteiger partial charge in [-0.05, 0) is 66.6 Å². The Hall–Kier alpha value is -11.2. The van der Waals surface area contributed by atoms with Crippen LogP contribution in [-0.4, -0.2) is 39.0 Å². The minimum absolute atomic E-state index is 0.445. The molecule has 14 rings (SSSR count). The first-order chi connectivity index (χ1) is 39.0. The molecule has 10 heteroatoms. The lowest BCUT2D eigenvalue weighted by Gasteiger charge is -2.21. The van der Waals surface area contributed by atoms with E-state index in [2.05, 4.69) is 100 Å². The van der Waals surface area contributed by atoms with Crippen LogP contribution in [0.2, 0.25) is 0 Å². The summed E-state index contributed by atoms with van der Waals surface area (Å²) in [6.07, 6.45) is 0. The van der Waals surface area contributed by atoms with E-state index in [0.29, 0.717) is 46.1 Å². The number of fused-ring (bicyclic) bond motifs is 6. The number of para-hydroxylation sites is 2. The van der Waals surface area contributed by atoms with Gasteiger partial charge < -0.3 is 9.13 Å². The van der Waals surface area contributed by atoms with Gasteiger partial charge in [0.2, 0.25) is 0 Å². The zero-order valence-corrected chi connectivity index (χ0v) is 42.5. The molecule has 10 aromatic carbocycles. The Morgan fingerprint density at radius 3 is 1.00 bits per heavy atom. The molecule has 0 radical (unpaired) electrons. The maximum atomic E-state index is 11.2. The fraction of sp³-hybridized carbons (Fsp3) is 0.0145. The van der Waals surface area contributed by atoms with E-state index in [0.717, 1.165) is 105 Å². The number of hydrogen-bond acceptors (Lipinski definition) is 8. The molecule has 10 nitrogen and oxygen atoms in total. The van der Waals surface area contributed by atoms with Gasteiger partial charge in [0.1, 0.15) is 0 Å². The van der Waals surface area contributed by atoms with Crippen LogP contribution < -0.4 is 0 Å². The Morgan fingerprint density at radius 1 is 0.291 bits per heavy atom. The zero-order valence-electron chi connectivity index (χ0n) is 42.5. The van der Waals surface area contributed by atoms with Crippen LogP contribution in [0.25, 0.3) is 134 Å². The molecule has 368 valence electrons. The van der Waals surface area contributed by atoms with E-state index >= 15 is 0 Å². The van der Waals surface area contributed by atoms with E-state index in [1.54, 1.807) is 0 Å². The van der Waals surface area contributed by atoms with Crippen LogP contribution in [0.1, 0.15) is 16.7 Å². The molecule has 0 saturated carbocycles. The molecule has 0 spiro atoms. The van der Waals surface area contributed by atoms with Gasteiger partial charge in [-0.1, -0.05) is 188 Å². The molecule has 4 aromatic heterocycles. The molecule has 0 amide bonds. The average Bonchev–Trinajstić information content (AvgIpc) is 4.06. The molecule has 0 unspecified atom stereocenters. The molecule has 0 aliphatic carbocycles. The number of nitriles is 2. The van der Waals surface area contributed by atoms with E-state index < -0.39 is 0 Å². The van der Waals surface area contributed by atoms with Crippen LogP contribution in [0.15, 0.2) is 237 Å². The van der Waals surface area contributed by atoms with E-state index in [-0.39, 0.29) is 0 Å². The fourth-order valence-electron chi connectivity index (χ4n) is 10.9. The van der Waals surface area contributed by atoms with Gasteiger partial charge in [-0.2, -0.15) is 10.5 Å². The van der Waals surface area contributed by atoms with Gasteiger partial charge in [0.25, 0.3) is 0 Å². The summed E-state index contributed by atoms with van der Waals surface area (Å²) in [5, 5.41) is 25.9. The minimum atomic E-state index is 0.445. The highest BCUT2D eigenvalue weighted by atomic mass is 15.1. The topological polar surface area (TPSA) is 135 Å². The van der Waals surface area contributed by atoms with Crippen molar-refractivity contribution < 1.29 is 0 Å². The second-order valence-corrected chi connectivity index (χ2v) is 19.4. The van der Waals surface area contributed by atoms with Crippen LogP contribution in [0.5, 0.6) is 0 Å². The van der Waals surface area contributed by atoms with Crippen molar-refractivity contribution in [2.24, 2.45) is 0 Å². The van der Waals surface area contributed by atoms with Crippen molar-refractivity contribution in [2.75, 3.05) is 0 Å². The number of nitrogens with zero attached hydrogens (tertiary/aromatic N) is 10. The Balaban J connectivity index is 1.06. The van der Waals surface area contributed by atoms with Gasteiger partial charge in [-0.3, -0.25) is 0 Å². The lowest BCUT2D eigenvalue weighted by Crippen LogP contribution is -2.06. The molecule has 14 aromatic rings. The third kappa shape index (κ3) is 8.21. The van der Waals surface area contributed by atoms with Crippen molar-refractivity contribution in [1.82, 2.24) is 39.0 Å². The second-order valence-electron chi connectivity index (χ2n) is 19.4. The zero-order chi connectivity index (χ0) is 53.0. The predicted octanol–water partition coefficient (Wildman–Crippen LogP) is 16.0. The number of aromatic nitrogens is 8. The van der Waals surface area contributed by atoms with Crippen LogP contribution in [0, 0.1) is 29.6 Å². The molecule has 0 saturated heterocycles. The van der Waals surface area contributed by atoms with Gasteiger partial charge in [0.15, 0.2) is 34.9 Å². The number of hydrogen-bond donors (Lipinski definition) is 0. The summed E-state index contributed by atoms with van der Waals surface area (Å²) in [7, 11) is 0. The van der Waals surface area contributed by atoms with E-state index in [1.165, 1.54) is 0 Å². The first-order valence-electron chi connectivity index (χ1n) is 25.9. The predicted molar refractivity (Wildman–Crippen MR) is 314 cm³/mol. The largest absolute Gasteiger partial charge is 0.308 e. The average molecular weight is 1010 g/mol. The second kappa shape index (κ2) is 19.2. The Labute approximate surface area is 454 Å². The standard InChI is InChI=1S/C69H42N10/c1-43-34-44(41-70)36-52(35-43)63-61(78-57-28-16-14-26-53(57)55-32-30-50(39-59(55)78)68-74-64(46-18-6-2-7-19-46)72-65(75-68)47-20-8-3-9-21-47)37-45(42-71)38-62(63)79-58-29-17-15-27-54(58)56-33-31-51(40-60(56)79)69-76-66(48-22-10-4-11-23-48)73-67(77-69)49-24-12-5-13-25-49/h2-40H,1H3. The van der Waals surface area contributed by atoms with Gasteiger partial charge in [-0.25, -0.2) is 29.9 Å². The highest BCUT2D eigenvalue weighted by Gasteiger charge is 2.25. The summed E-state index contributed by atoms with van der Waals surface area (Å²) in [5.74, 6) is 3.27. The minimum Gasteiger partial charge on any atom is -0.308 e. The van der Waals surface area contributed by atoms with Crippen molar-refractivity contribution in [1.29, 1.82) is 10.5 Å². The summed E-state index contributed by atoms with van der Waals surface area (Å²) < 4.78 is 4.50. The smallest absolute Gasteiger partial charge is 0.164 e. The van der Waals surface area contributed by atoms with Crippen molar-refractivity contribution in [2.45, 2.75) is 6.92 Å². The molecule has 0 fully saturated rings. The van der Waals surface area contributed by atoms with Crippen molar-refractivity contribution in [3.05, 3.63) is 253 Å². The summed E-state index contributed by atoms with van der Waals surface area (Å²) in [4.78, 5) is 30.5. The summed E-state index contributed by atoms with van der Waals surface area (Å²) in [5.41, 5.74) is 13.7. The van der Waals surface area contributed by atoms with Crippen LogP contribution in [0.3, 0.4) is 0 Å². The first-order valence-corrected chi connectivity index (χ1v) is 25.9. The van der Waals surface area contributed by atoms with Crippen molar-refractivity contribution >= 4 is 43.6 Å². The molecular formula is C69H42N10. The molecule has 0 N–H and O–H groups in total. The monoisotopic (exact) mass is 1010 g/mol. The molecular weight excluding hydrogens is 969 g/mol. The molecule has 79 heavy (non-hydrogen) atoms. The third-order valence-electron chi connectivity index (χ3n) is 14.5. The Kier molecular flexibility index (Phi) is 11.3. The maximum absolute atomic E-state index is 11.2. The van der Waals surface area contributed by atoms with E-state index in [4.69, 9.17) is 29.9 Å². The lowest BCUT2D eigenvalue weighted by molar-refractivity contribution is 1.07. The number of benzene rings is 10. The van der Waals surface area contributed by atoms with Crippen molar-refractivity contribution in [3.8, 4) is 103 Å². The fourth-order valence-corrected chi connectivity index (χ4v) is 10.9. The van der Waals surface area contributed by atoms with Crippen molar-refractivity contribution in [3.63, 3.8) is 0 Å². The number of rotatable bonds is 9. The van der Waals surface area contributed by atoms with Crippen LogP contribution >= 0.6 is 0 Å². The summed E-state index contributed by atoms with van der Waals surface area (Å²) in [6.45, 7) is 2.01. The van der Waals surface area contributed by atoms with Gasteiger partial charge in [0, 0.05) is 60.5 Å². The third-order valence-corrected chi connectivity index (χ3v) is 14.5. The van der Waals surface area contributed by atoms with Gasteiger partial charge in [-0.15, -0.1) is 0 Å². The maximum Gasteiger partial charge on any atom is 0.164 e. The Bertz CT molecular complexity index is 4420.